The zero-order valence-corrected chi connectivity index (χ0v) is 16.5. The Morgan fingerprint density at radius 2 is 1.96 bits per heavy atom. The van der Waals surface area contributed by atoms with Crippen molar-refractivity contribution in [1.82, 2.24) is 15.0 Å². The third-order valence-electron chi connectivity index (χ3n) is 4.02. The number of thiophene rings is 1. The number of aromatic nitrogens is 3. The lowest BCUT2D eigenvalue weighted by atomic mass is 10.1. The van der Waals surface area contributed by atoms with Gasteiger partial charge in [0, 0.05) is 21.7 Å². The van der Waals surface area contributed by atoms with Crippen molar-refractivity contribution < 1.29 is 4.79 Å². The summed E-state index contributed by atoms with van der Waals surface area (Å²) in [6.07, 6.45) is 1.56. The Morgan fingerprint density at radius 3 is 2.73 bits per heavy atom. The van der Waals surface area contributed by atoms with E-state index in [0.29, 0.717) is 16.3 Å². The van der Waals surface area contributed by atoms with E-state index in [1.54, 1.807) is 41.9 Å². The van der Waals surface area contributed by atoms with Gasteiger partial charge in [0.25, 0.3) is 0 Å². The first-order valence-electron chi connectivity index (χ1n) is 7.96. The van der Waals surface area contributed by atoms with Gasteiger partial charge in [-0.2, -0.15) is 0 Å². The molecule has 0 N–H and O–H groups in total. The zero-order valence-electron chi connectivity index (χ0n) is 14.1. The van der Waals surface area contributed by atoms with E-state index in [2.05, 4.69) is 27.9 Å². The standard InChI is InChI=1S/C19H14ClN3OS2/c1-10-7-11(2)23-18-15(10)16-17(26-18)19(22-9-21-16)25-8-14(24)12-3-5-13(20)6-4-12/h3-7,9H,8H2,1-2H3. The molecule has 4 rings (SSSR count). The van der Waals surface area contributed by atoms with Crippen LogP contribution < -0.4 is 0 Å². The number of hydrogen-bond donors (Lipinski definition) is 0. The lowest BCUT2D eigenvalue weighted by molar-refractivity contribution is 0.102. The van der Waals surface area contributed by atoms with Gasteiger partial charge in [0.2, 0.25) is 0 Å². The van der Waals surface area contributed by atoms with Crippen molar-refractivity contribution in [1.29, 1.82) is 0 Å². The van der Waals surface area contributed by atoms with Crippen molar-refractivity contribution in [3.8, 4) is 0 Å². The van der Waals surface area contributed by atoms with Crippen LogP contribution >= 0.6 is 34.7 Å². The lowest BCUT2D eigenvalue weighted by Crippen LogP contribution is -2.02. The minimum absolute atomic E-state index is 0.0460. The van der Waals surface area contributed by atoms with E-state index in [1.165, 1.54) is 11.8 Å². The molecular formula is C19H14ClN3OS2. The first-order chi connectivity index (χ1) is 12.5. The van der Waals surface area contributed by atoms with E-state index in [-0.39, 0.29) is 5.78 Å². The quantitative estimate of drug-likeness (QED) is 0.258. The van der Waals surface area contributed by atoms with Crippen LogP contribution in [0.5, 0.6) is 0 Å². The maximum atomic E-state index is 12.4. The summed E-state index contributed by atoms with van der Waals surface area (Å²) >= 11 is 8.89. The average molecular weight is 400 g/mol. The normalized spacial score (nSPS) is 11.3. The van der Waals surface area contributed by atoms with Crippen LogP contribution in [0.2, 0.25) is 5.02 Å². The summed E-state index contributed by atoms with van der Waals surface area (Å²) in [5, 5.41) is 2.51. The SMILES string of the molecule is Cc1cc(C)c2c(n1)sc1c(SCC(=O)c3ccc(Cl)cc3)ncnc12. The Bertz CT molecular complexity index is 1140. The maximum Gasteiger partial charge on any atom is 0.173 e. The second kappa shape index (κ2) is 6.95. The lowest BCUT2D eigenvalue weighted by Gasteiger charge is -2.02. The predicted molar refractivity (Wildman–Crippen MR) is 109 cm³/mol. The zero-order chi connectivity index (χ0) is 18.3. The van der Waals surface area contributed by atoms with Gasteiger partial charge < -0.3 is 0 Å². The molecule has 4 nitrogen and oxygen atoms in total. The molecule has 26 heavy (non-hydrogen) atoms. The van der Waals surface area contributed by atoms with Crippen LogP contribution in [0.4, 0.5) is 0 Å². The van der Waals surface area contributed by atoms with Gasteiger partial charge in [-0.25, -0.2) is 15.0 Å². The van der Waals surface area contributed by atoms with Crippen LogP contribution in [0.25, 0.3) is 20.4 Å². The molecule has 4 aromatic rings. The number of hydrogen-bond acceptors (Lipinski definition) is 6. The van der Waals surface area contributed by atoms with Gasteiger partial charge >= 0.3 is 0 Å². The molecule has 7 heteroatoms. The maximum absolute atomic E-state index is 12.4. The third-order valence-corrected chi connectivity index (χ3v) is 6.47. The van der Waals surface area contributed by atoms with Crippen LogP contribution in [-0.2, 0) is 0 Å². The third kappa shape index (κ3) is 3.20. The molecule has 1 aromatic carbocycles. The Hall–Kier alpha value is -2.02. The molecule has 0 aliphatic heterocycles. The first-order valence-corrected chi connectivity index (χ1v) is 10.1. The van der Waals surface area contributed by atoms with Crippen LogP contribution in [-0.4, -0.2) is 26.5 Å². The van der Waals surface area contributed by atoms with Gasteiger partial charge in [-0.1, -0.05) is 23.4 Å². The van der Waals surface area contributed by atoms with Gasteiger partial charge in [0.1, 0.15) is 16.2 Å². The second-order valence-electron chi connectivity index (χ2n) is 5.94. The summed E-state index contributed by atoms with van der Waals surface area (Å²) in [5.41, 5.74) is 3.70. The van der Waals surface area contributed by atoms with Crippen LogP contribution in [0.1, 0.15) is 21.6 Å². The first kappa shape index (κ1) is 17.4. The Kier molecular flexibility index (Phi) is 4.65. The molecule has 0 aliphatic rings. The van der Waals surface area contributed by atoms with Gasteiger partial charge in [-0.3, -0.25) is 4.79 Å². The molecule has 3 aromatic heterocycles. The molecule has 0 atom stereocenters. The van der Waals surface area contributed by atoms with Gasteiger partial charge in [-0.15, -0.1) is 11.3 Å². The van der Waals surface area contributed by atoms with Crippen molar-refractivity contribution in [2.45, 2.75) is 18.9 Å². The Labute approximate surface area is 163 Å². The van der Waals surface area contributed by atoms with E-state index in [4.69, 9.17) is 11.6 Å². The van der Waals surface area contributed by atoms with Gasteiger partial charge in [-0.05, 0) is 49.7 Å². The van der Waals surface area contributed by atoms with Crippen molar-refractivity contribution in [2.75, 3.05) is 5.75 Å². The fraction of sp³-hybridized carbons (Fsp3) is 0.158. The number of carbonyl (C=O) groups excluding carboxylic acids is 1. The Morgan fingerprint density at radius 1 is 1.19 bits per heavy atom. The van der Waals surface area contributed by atoms with E-state index in [0.717, 1.165) is 36.7 Å². The molecule has 0 aliphatic carbocycles. The second-order valence-corrected chi connectivity index (χ2v) is 8.34. The van der Waals surface area contributed by atoms with E-state index in [9.17, 15) is 4.79 Å². The highest BCUT2D eigenvalue weighted by atomic mass is 35.5. The number of ketones is 1. The van der Waals surface area contributed by atoms with Gasteiger partial charge in [0.15, 0.2) is 5.78 Å². The number of Topliss-reactive ketones (excluding diaryl/α,β-unsaturated/α-hetero) is 1. The number of aryl methyl sites for hydroxylation is 2. The smallest absolute Gasteiger partial charge is 0.173 e. The molecular weight excluding hydrogens is 386 g/mol. The minimum atomic E-state index is 0.0460. The summed E-state index contributed by atoms with van der Waals surface area (Å²) < 4.78 is 0.984. The fourth-order valence-corrected chi connectivity index (χ4v) is 5.19. The molecule has 0 saturated carbocycles. The number of fused-ring (bicyclic) bond motifs is 3. The van der Waals surface area contributed by atoms with Crippen LogP contribution in [0, 0.1) is 13.8 Å². The monoisotopic (exact) mass is 399 g/mol. The largest absolute Gasteiger partial charge is 0.293 e. The highest BCUT2D eigenvalue weighted by Crippen LogP contribution is 2.38. The number of benzene rings is 1. The van der Waals surface area contributed by atoms with Crippen LogP contribution in [0.15, 0.2) is 41.7 Å². The summed E-state index contributed by atoms with van der Waals surface area (Å²) in [6, 6.07) is 9.01. The number of rotatable bonds is 4. The van der Waals surface area contributed by atoms with Crippen molar-refractivity contribution in [3.63, 3.8) is 0 Å². The summed E-state index contributed by atoms with van der Waals surface area (Å²) in [7, 11) is 0. The van der Waals surface area contributed by atoms with Crippen LogP contribution in [0.3, 0.4) is 0 Å². The summed E-state index contributed by atoms with van der Waals surface area (Å²) in [6.45, 7) is 4.06. The number of thioether (sulfide) groups is 1. The van der Waals surface area contributed by atoms with Crippen molar-refractivity contribution >= 4 is 60.9 Å². The topological polar surface area (TPSA) is 55.7 Å². The highest BCUT2D eigenvalue weighted by molar-refractivity contribution is 8.00. The number of halogens is 1. The molecule has 0 saturated heterocycles. The molecule has 0 bridgehead atoms. The number of carbonyl (C=O) groups is 1. The molecule has 0 unspecified atom stereocenters. The Balaban J connectivity index is 1.67. The highest BCUT2D eigenvalue weighted by Gasteiger charge is 2.16. The molecule has 0 fully saturated rings. The molecule has 3 heterocycles. The van der Waals surface area contributed by atoms with E-state index in [1.807, 2.05) is 6.92 Å². The minimum Gasteiger partial charge on any atom is -0.293 e. The van der Waals surface area contributed by atoms with E-state index >= 15 is 0 Å². The predicted octanol–water partition coefficient (Wildman–Crippen LogP) is 5.48. The molecule has 130 valence electrons. The number of nitrogens with zero attached hydrogens (tertiary/aromatic N) is 3. The molecule has 0 amide bonds. The van der Waals surface area contributed by atoms with E-state index < -0.39 is 0 Å². The fourth-order valence-electron chi connectivity index (χ4n) is 2.84. The van der Waals surface area contributed by atoms with Crippen molar-refractivity contribution in [3.05, 3.63) is 58.5 Å². The molecule has 0 spiro atoms. The summed E-state index contributed by atoms with van der Waals surface area (Å²) in [5.74, 6) is 0.359. The average Bonchev–Trinajstić information content (AvgIpc) is 2.99. The number of pyridine rings is 1. The molecule has 0 radical (unpaired) electrons. The van der Waals surface area contributed by atoms with Crippen molar-refractivity contribution in [2.24, 2.45) is 0 Å². The summed E-state index contributed by atoms with van der Waals surface area (Å²) in [4.78, 5) is 26.9. The van der Waals surface area contributed by atoms with Gasteiger partial charge in [0.05, 0.1) is 16.0 Å².